The summed E-state index contributed by atoms with van der Waals surface area (Å²) < 4.78 is 0. The highest BCUT2D eigenvalue weighted by Gasteiger charge is 2.16. The lowest BCUT2D eigenvalue weighted by Crippen LogP contribution is -2.15. The lowest BCUT2D eigenvalue weighted by atomic mass is 9.94. The Morgan fingerprint density at radius 1 is 0.500 bits per heavy atom. The van der Waals surface area contributed by atoms with Gasteiger partial charge >= 0.3 is 0 Å². The van der Waals surface area contributed by atoms with Gasteiger partial charge in [0.25, 0.3) is 0 Å². The molecular formula is C34H64O2. The largest absolute Gasteiger partial charge is 0.303 e. The lowest BCUT2D eigenvalue weighted by Gasteiger charge is -2.09. The summed E-state index contributed by atoms with van der Waals surface area (Å²) in [4.78, 5) is 23.8. The Hall–Kier alpha value is -0.920. The third-order valence-corrected chi connectivity index (χ3v) is 7.63. The molecule has 0 amide bonds. The minimum absolute atomic E-state index is 0.186. The van der Waals surface area contributed by atoms with Crippen molar-refractivity contribution in [1.29, 1.82) is 0 Å². The maximum absolute atomic E-state index is 12.4. The van der Waals surface area contributed by atoms with E-state index in [0.717, 1.165) is 32.0 Å². The van der Waals surface area contributed by atoms with E-state index in [4.69, 9.17) is 0 Å². The van der Waals surface area contributed by atoms with Crippen LogP contribution in [0.5, 0.6) is 0 Å². The summed E-state index contributed by atoms with van der Waals surface area (Å²) in [6.45, 7) is 4.54. The third-order valence-electron chi connectivity index (χ3n) is 7.63. The van der Waals surface area contributed by atoms with Gasteiger partial charge in [0.15, 0.2) is 0 Å². The summed E-state index contributed by atoms with van der Waals surface area (Å²) in [6, 6.07) is 0. The molecule has 212 valence electrons. The van der Waals surface area contributed by atoms with Gasteiger partial charge in [-0.15, -0.1) is 0 Å². The van der Waals surface area contributed by atoms with Gasteiger partial charge in [0, 0.05) is 6.42 Å². The molecule has 0 N–H and O–H groups in total. The Labute approximate surface area is 226 Å². The molecule has 0 fully saturated rings. The summed E-state index contributed by atoms with van der Waals surface area (Å²) in [5.41, 5.74) is 0. The average molecular weight is 505 g/mol. The Balaban J connectivity index is 3.47. The maximum atomic E-state index is 12.4. The second kappa shape index (κ2) is 30.3. The van der Waals surface area contributed by atoms with E-state index >= 15 is 0 Å². The number of carbonyl (C=O) groups is 2. The molecule has 0 aromatic rings. The first-order valence-corrected chi connectivity index (χ1v) is 16.4. The number of rotatable bonds is 30. The first-order valence-electron chi connectivity index (χ1n) is 16.4. The molecule has 0 bridgehead atoms. The molecule has 0 rings (SSSR count). The zero-order valence-electron chi connectivity index (χ0n) is 24.7. The summed E-state index contributed by atoms with van der Waals surface area (Å²) in [6.07, 6.45) is 39.3. The van der Waals surface area contributed by atoms with Crippen molar-refractivity contribution in [2.75, 3.05) is 0 Å². The number of carbonyl (C=O) groups excluding carboxylic acids is 2. The van der Waals surface area contributed by atoms with E-state index in [0.29, 0.717) is 6.42 Å². The molecule has 0 saturated carbocycles. The number of ketones is 1. The highest BCUT2D eigenvalue weighted by Crippen LogP contribution is 2.17. The second-order valence-corrected chi connectivity index (χ2v) is 11.2. The van der Waals surface area contributed by atoms with Crippen LogP contribution in [0.15, 0.2) is 12.2 Å². The minimum atomic E-state index is -0.343. The Morgan fingerprint density at radius 2 is 0.861 bits per heavy atom. The first-order chi connectivity index (χ1) is 17.8. The van der Waals surface area contributed by atoms with Gasteiger partial charge in [-0.1, -0.05) is 154 Å². The van der Waals surface area contributed by atoms with Crippen LogP contribution < -0.4 is 0 Å². The van der Waals surface area contributed by atoms with Crippen molar-refractivity contribution in [3.05, 3.63) is 12.2 Å². The smallest absolute Gasteiger partial charge is 0.143 e. The van der Waals surface area contributed by atoms with Gasteiger partial charge in [-0.25, -0.2) is 0 Å². The summed E-state index contributed by atoms with van der Waals surface area (Å²) in [7, 11) is 0. The van der Waals surface area contributed by atoms with E-state index in [1.54, 1.807) is 0 Å². The molecule has 0 spiro atoms. The summed E-state index contributed by atoms with van der Waals surface area (Å²) in [5.74, 6) is -0.157. The van der Waals surface area contributed by atoms with Gasteiger partial charge in [0.1, 0.15) is 12.1 Å². The molecule has 36 heavy (non-hydrogen) atoms. The molecule has 0 aromatic carbocycles. The van der Waals surface area contributed by atoms with Gasteiger partial charge in [-0.05, 0) is 38.5 Å². The molecule has 0 aliphatic heterocycles. The normalized spacial score (nSPS) is 12.4. The first kappa shape index (κ1) is 35.1. The maximum Gasteiger partial charge on any atom is 0.143 e. The third kappa shape index (κ3) is 26.2. The zero-order valence-corrected chi connectivity index (χ0v) is 24.7. The number of allylic oxidation sites excluding steroid dienone is 2. The predicted octanol–water partition coefficient (Wildman–Crippen LogP) is 11.5. The zero-order chi connectivity index (χ0) is 26.4. The van der Waals surface area contributed by atoms with E-state index in [-0.39, 0.29) is 11.7 Å². The van der Waals surface area contributed by atoms with Gasteiger partial charge in [0.2, 0.25) is 0 Å². The van der Waals surface area contributed by atoms with Crippen molar-refractivity contribution in [3.63, 3.8) is 0 Å². The van der Waals surface area contributed by atoms with Crippen LogP contribution in [0, 0.1) is 5.92 Å². The van der Waals surface area contributed by atoms with Crippen molar-refractivity contribution in [3.8, 4) is 0 Å². The highest BCUT2D eigenvalue weighted by molar-refractivity contribution is 5.93. The van der Waals surface area contributed by atoms with Crippen molar-refractivity contribution in [2.24, 2.45) is 5.92 Å². The van der Waals surface area contributed by atoms with Gasteiger partial charge in [0.05, 0.1) is 5.92 Å². The molecule has 0 heterocycles. The highest BCUT2D eigenvalue weighted by atomic mass is 16.1. The predicted molar refractivity (Wildman–Crippen MR) is 160 cm³/mol. The molecule has 0 radical (unpaired) electrons. The Kier molecular flexibility index (Phi) is 29.5. The summed E-state index contributed by atoms with van der Waals surface area (Å²) in [5, 5.41) is 0. The fourth-order valence-electron chi connectivity index (χ4n) is 5.07. The van der Waals surface area contributed by atoms with Crippen LogP contribution in [0.4, 0.5) is 0 Å². The van der Waals surface area contributed by atoms with Crippen molar-refractivity contribution in [2.45, 2.75) is 187 Å². The quantitative estimate of drug-likeness (QED) is 0.0422. The van der Waals surface area contributed by atoms with Crippen molar-refractivity contribution >= 4 is 12.1 Å². The fraction of sp³-hybridized carbons (Fsp3) is 0.882. The van der Waals surface area contributed by atoms with Crippen LogP contribution in [0.2, 0.25) is 0 Å². The van der Waals surface area contributed by atoms with E-state index in [2.05, 4.69) is 26.0 Å². The van der Waals surface area contributed by atoms with Crippen molar-refractivity contribution in [1.82, 2.24) is 0 Å². The number of aldehydes is 1. The minimum Gasteiger partial charge on any atom is -0.303 e. The number of Topliss-reactive ketones (excluding diaryl/α,β-unsaturated/α-hetero) is 1. The topological polar surface area (TPSA) is 34.1 Å². The fourth-order valence-corrected chi connectivity index (χ4v) is 5.07. The van der Waals surface area contributed by atoms with Crippen LogP contribution in [0.3, 0.4) is 0 Å². The molecule has 0 saturated heterocycles. The van der Waals surface area contributed by atoms with Crippen LogP contribution in [-0.4, -0.2) is 12.1 Å². The molecule has 0 unspecified atom stereocenters. The van der Waals surface area contributed by atoms with Gasteiger partial charge < -0.3 is 4.79 Å². The number of hydrogen-bond acceptors (Lipinski definition) is 2. The SMILES string of the molecule is CCCCCCCC/C=C\CCCCCCCC(=O)[C@H](C=O)CCCCCCCCCCCCCC. The summed E-state index contributed by atoms with van der Waals surface area (Å²) >= 11 is 0. The van der Waals surface area contributed by atoms with Gasteiger partial charge in [-0.2, -0.15) is 0 Å². The lowest BCUT2D eigenvalue weighted by molar-refractivity contribution is -0.127. The molecule has 0 aliphatic carbocycles. The van der Waals surface area contributed by atoms with Crippen LogP contribution >= 0.6 is 0 Å². The standard InChI is InChI=1S/C34H64O2/c1-3-5-7-9-11-13-15-17-18-19-21-23-25-27-29-31-34(36)33(32-35)30-28-26-24-22-20-16-14-12-10-8-6-4-2/h17-18,32-33H,3-16,19-31H2,1-2H3/b18-17-/t33-/m0/s1. The molecule has 0 aromatic heterocycles. The van der Waals surface area contributed by atoms with E-state index in [1.165, 1.54) is 141 Å². The Bertz CT molecular complexity index is 482. The Morgan fingerprint density at radius 3 is 1.28 bits per heavy atom. The molecule has 2 heteroatoms. The second-order valence-electron chi connectivity index (χ2n) is 11.2. The van der Waals surface area contributed by atoms with Crippen LogP contribution in [-0.2, 0) is 9.59 Å². The van der Waals surface area contributed by atoms with E-state index in [9.17, 15) is 9.59 Å². The molecule has 0 aliphatic rings. The number of hydrogen-bond donors (Lipinski definition) is 0. The molecule has 1 atom stereocenters. The molecular weight excluding hydrogens is 440 g/mol. The van der Waals surface area contributed by atoms with E-state index in [1.807, 2.05) is 0 Å². The van der Waals surface area contributed by atoms with Crippen LogP contribution in [0.25, 0.3) is 0 Å². The van der Waals surface area contributed by atoms with Crippen molar-refractivity contribution < 1.29 is 9.59 Å². The average Bonchev–Trinajstić information content (AvgIpc) is 2.89. The monoisotopic (exact) mass is 504 g/mol. The van der Waals surface area contributed by atoms with Crippen LogP contribution in [0.1, 0.15) is 187 Å². The number of unbranched alkanes of at least 4 members (excludes halogenated alkanes) is 22. The van der Waals surface area contributed by atoms with Gasteiger partial charge in [-0.3, -0.25) is 4.79 Å². The van der Waals surface area contributed by atoms with E-state index < -0.39 is 0 Å². The molecule has 2 nitrogen and oxygen atoms in total.